The number of carboxylic acids is 1. The maximum absolute atomic E-state index is 10.1. The molecule has 0 unspecified atom stereocenters. The molecule has 1 aromatic rings. The van der Waals surface area contributed by atoms with E-state index < -0.39 is 5.97 Å². The van der Waals surface area contributed by atoms with Gasteiger partial charge in [-0.25, -0.2) is 6.92 Å². The van der Waals surface area contributed by atoms with Crippen molar-refractivity contribution in [3.63, 3.8) is 0 Å². The minimum Gasteiger partial charge on any atom is -0.566 e. The van der Waals surface area contributed by atoms with Crippen LogP contribution in [0.4, 0.5) is 0 Å². The maximum atomic E-state index is 10.1. The predicted molar refractivity (Wildman–Crippen MR) is 27.5 cm³/mol. The summed E-state index contributed by atoms with van der Waals surface area (Å²) in [4.78, 5) is 10.1. The van der Waals surface area contributed by atoms with Crippen LogP contribution in [0.15, 0.2) is 16.7 Å². The maximum Gasteiger partial charge on any atom is 1.00 e. The van der Waals surface area contributed by atoms with Gasteiger partial charge in [-0.3, -0.25) is 0 Å². The fourth-order valence-corrected chi connectivity index (χ4v) is 0.523. The van der Waals surface area contributed by atoms with Gasteiger partial charge >= 0.3 is 37.7 Å². The van der Waals surface area contributed by atoms with E-state index in [1.165, 1.54) is 12.3 Å². The number of furan rings is 1. The summed E-state index contributed by atoms with van der Waals surface area (Å²) in [5.41, 5.74) is 0.00926. The molecule has 0 fully saturated rings. The molecule has 0 amide bonds. The molecule has 0 aliphatic rings. The van der Waals surface area contributed by atoms with Crippen molar-refractivity contribution in [2.45, 2.75) is 0 Å². The van der Waals surface area contributed by atoms with E-state index in [9.17, 15) is 9.90 Å². The Bertz CT molecular complexity index is 231. The van der Waals surface area contributed by atoms with Gasteiger partial charge in [-0.2, -0.15) is 0 Å². The molecule has 1 aromatic heterocycles. The van der Waals surface area contributed by atoms with Gasteiger partial charge in [0.25, 0.3) is 0 Å². The van der Waals surface area contributed by atoms with E-state index in [0.29, 0.717) is 0 Å². The van der Waals surface area contributed by atoms with Crippen LogP contribution in [0, 0.1) is 6.92 Å². The summed E-state index contributed by atoms with van der Waals surface area (Å²) in [6, 6.07) is 1.30. The fourth-order valence-electron chi connectivity index (χ4n) is 0.523. The van der Waals surface area contributed by atoms with Crippen molar-refractivity contribution in [2.24, 2.45) is 0 Å². The molecule has 5 heteroatoms. The third-order valence-corrected chi connectivity index (χ3v) is 0.965. The zero-order valence-electron chi connectivity index (χ0n) is 6.59. The van der Waals surface area contributed by atoms with Gasteiger partial charge in [-0.05, 0) is 11.7 Å². The van der Waals surface area contributed by atoms with E-state index >= 15 is 0 Å². The van der Waals surface area contributed by atoms with Crippen LogP contribution in [-0.2, 0) is 0 Å². The molecule has 0 aromatic carbocycles. The largest absolute Gasteiger partial charge is 1.00 e. The van der Waals surface area contributed by atoms with Crippen molar-refractivity contribution < 1.29 is 52.0 Å². The molecule has 0 spiro atoms. The molecule has 0 atom stereocenters. The number of hydrogen-bond donors (Lipinski definition) is 0. The van der Waals surface area contributed by atoms with Gasteiger partial charge in [0.15, 0.2) is 0 Å². The van der Waals surface area contributed by atoms with Gasteiger partial charge in [-0.15, -0.1) is 5.56 Å². The molecular weight excluding hydrogens is 134 g/mol. The minimum absolute atomic E-state index is 0. The van der Waals surface area contributed by atoms with E-state index in [2.05, 4.69) is 11.3 Å². The minimum atomic E-state index is -1.26. The Morgan fingerprint density at radius 2 is 2.09 bits per heavy atom. The Morgan fingerprint density at radius 1 is 1.55 bits per heavy atom. The van der Waals surface area contributed by atoms with Gasteiger partial charge in [-0.1, -0.05) is 6.07 Å². The molecule has 1 rings (SSSR count). The Kier molecular flexibility index (Phi) is 6.66. The molecule has 11 heavy (non-hydrogen) atoms. The van der Waals surface area contributed by atoms with Gasteiger partial charge in [0, 0.05) is 0 Å². The Balaban J connectivity index is 0. The Labute approximate surface area is 88.5 Å². The molecule has 1 heterocycles. The van der Waals surface area contributed by atoms with Crippen LogP contribution >= 0.6 is 0 Å². The van der Waals surface area contributed by atoms with E-state index in [0.717, 1.165) is 0 Å². The number of aromatic carboxylic acids is 1. The average molecular weight is 138 g/mol. The van der Waals surface area contributed by atoms with Crippen molar-refractivity contribution in [2.75, 3.05) is 0 Å². The number of rotatable bonds is 1. The number of carboxylic acid groups (broad SMARTS) is 1. The first-order valence-electron chi connectivity index (χ1n) is 2.32. The molecule has 48 valence electrons. The SMILES string of the molecule is [CH2-]c1occc1C(=O)[O-].[Li+].[Li+]. The first-order valence-corrected chi connectivity index (χ1v) is 2.32. The van der Waals surface area contributed by atoms with Crippen LogP contribution in [0.1, 0.15) is 16.1 Å². The first-order chi connectivity index (χ1) is 4.22. The zero-order valence-corrected chi connectivity index (χ0v) is 6.59. The van der Waals surface area contributed by atoms with Crippen molar-refractivity contribution in [3.8, 4) is 0 Å². The fraction of sp³-hybridized carbons (Fsp3) is 0. The number of carbonyl (C=O) groups is 1. The number of hydrogen-bond acceptors (Lipinski definition) is 3. The van der Waals surface area contributed by atoms with Crippen LogP contribution in [0.2, 0.25) is 0 Å². The van der Waals surface area contributed by atoms with Crippen molar-refractivity contribution in [3.05, 3.63) is 30.6 Å². The van der Waals surface area contributed by atoms with Crippen molar-refractivity contribution in [1.82, 2.24) is 0 Å². The normalized spacial score (nSPS) is 7.64. The van der Waals surface area contributed by atoms with Crippen molar-refractivity contribution in [1.29, 1.82) is 0 Å². The Morgan fingerprint density at radius 3 is 2.27 bits per heavy atom. The summed E-state index contributed by atoms with van der Waals surface area (Å²) >= 11 is 0. The summed E-state index contributed by atoms with van der Waals surface area (Å²) in [5.74, 6) is -1.12. The van der Waals surface area contributed by atoms with Crippen LogP contribution < -0.4 is 42.8 Å². The van der Waals surface area contributed by atoms with Crippen LogP contribution in [-0.4, -0.2) is 5.97 Å². The molecule has 0 aliphatic carbocycles. The summed E-state index contributed by atoms with van der Waals surface area (Å²) in [7, 11) is 0. The Hall–Kier alpha value is -0.185. The molecule has 0 aliphatic heterocycles. The summed E-state index contributed by atoms with van der Waals surface area (Å²) in [5, 5.41) is 10.1. The molecule has 3 nitrogen and oxygen atoms in total. The smallest absolute Gasteiger partial charge is 0.566 e. The van der Waals surface area contributed by atoms with Gasteiger partial charge in [0.05, 0.1) is 6.26 Å². The van der Waals surface area contributed by atoms with Crippen LogP contribution in [0.5, 0.6) is 0 Å². The second-order valence-electron chi connectivity index (χ2n) is 1.54. The monoisotopic (exact) mass is 138 g/mol. The summed E-state index contributed by atoms with van der Waals surface area (Å²) in [6.07, 6.45) is 1.26. The molecular formula is C6H4Li2O3. The molecule has 0 radical (unpaired) electrons. The average Bonchev–Trinajstić information content (AvgIpc) is 2.13. The van der Waals surface area contributed by atoms with E-state index in [-0.39, 0.29) is 49.0 Å². The first kappa shape index (κ1) is 13.4. The second kappa shape index (κ2) is 5.46. The third-order valence-electron chi connectivity index (χ3n) is 0.965. The molecule has 0 saturated heterocycles. The van der Waals surface area contributed by atoms with E-state index in [4.69, 9.17) is 0 Å². The van der Waals surface area contributed by atoms with Gasteiger partial charge in [0.2, 0.25) is 0 Å². The predicted octanol–water partition coefficient (Wildman–Crippen LogP) is -6.17. The standard InChI is InChI=1S/C6H5O3.2Li/c1-4-5(6(7)8)2-3-9-4;;/h2-3H,1H2,(H,7,8);;/q-1;2*+1/p-1. The summed E-state index contributed by atoms with van der Waals surface area (Å²) in [6.45, 7) is 3.31. The molecule has 0 bridgehead atoms. The van der Waals surface area contributed by atoms with E-state index in [1.807, 2.05) is 0 Å². The summed E-state index contributed by atoms with van der Waals surface area (Å²) < 4.78 is 4.59. The second-order valence-corrected chi connectivity index (χ2v) is 1.54. The molecule has 0 N–H and O–H groups in total. The van der Waals surface area contributed by atoms with Crippen LogP contribution in [0.25, 0.3) is 0 Å². The van der Waals surface area contributed by atoms with Gasteiger partial charge in [0.1, 0.15) is 0 Å². The van der Waals surface area contributed by atoms with E-state index in [1.54, 1.807) is 0 Å². The van der Waals surface area contributed by atoms with Gasteiger partial charge < -0.3 is 14.3 Å². The van der Waals surface area contributed by atoms with Crippen molar-refractivity contribution >= 4 is 5.97 Å². The topological polar surface area (TPSA) is 53.3 Å². The molecule has 0 saturated carbocycles. The quantitative estimate of drug-likeness (QED) is 0.286. The third kappa shape index (κ3) is 3.14. The van der Waals surface area contributed by atoms with Crippen LogP contribution in [0.3, 0.4) is 0 Å². The number of carbonyl (C=O) groups excluding carboxylic acids is 1. The zero-order chi connectivity index (χ0) is 6.85.